The monoisotopic (exact) mass is 138 g/mol. The Balaban J connectivity index is 2.13. The van der Waals surface area contributed by atoms with E-state index in [-0.39, 0.29) is 0 Å². The molecule has 0 atom stereocenters. The van der Waals surface area contributed by atoms with Crippen LogP contribution in [0, 0.1) is 18.4 Å². The first-order valence-corrected chi connectivity index (χ1v) is 3.79. The van der Waals surface area contributed by atoms with Gasteiger partial charge in [-0.1, -0.05) is 13.8 Å². The summed E-state index contributed by atoms with van der Waals surface area (Å²) in [4.78, 5) is 5.52. The molecular formula is C8H14N2. The second-order valence-corrected chi connectivity index (χ2v) is 3.34. The zero-order valence-electron chi connectivity index (χ0n) is 6.67. The zero-order valence-corrected chi connectivity index (χ0v) is 6.67. The molecule has 1 aliphatic rings. The minimum absolute atomic E-state index is 0.600. The fraction of sp³-hybridized carbons (Fsp3) is 0.875. The highest BCUT2D eigenvalue weighted by Gasteiger charge is 2.29. The van der Waals surface area contributed by atoms with Gasteiger partial charge in [0.2, 0.25) is 0 Å². The minimum atomic E-state index is 0.600. The number of hydrogen-bond donors (Lipinski definition) is 0. The van der Waals surface area contributed by atoms with E-state index in [1.54, 1.807) is 0 Å². The summed E-state index contributed by atoms with van der Waals surface area (Å²) < 4.78 is 0. The van der Waals surface area contributed by atoms with Gasteiger partial charge in [-0.2, -0.15) is 0 Å². The summed E-state index contributed by atoms with van der Waals surface area (Å²) in [5, 5.41) is 0. The van der Waals surface area contributed by atoms with Crippen LogP contribution in [0.1, 0.15) is 13.8 Å². The molecule has 1 fully saturated rings. The molecule has 0 saturated carbocycles. The lowest BCUT2D eigenvalue weighted by Crippen LogP contribution is -2.48. The summed E-state index contributed by atoms with van der Waals surface area (Å²) in [5.41, 5.74) is 0. The Morgan fingerprint density at radius 1 is 1.60 bits per heavy atom. The van der Waals surface area contributed by atoms with Gasteiger partial charge in [0, 0.05) is 13.1 Å². The highest BCUT2D eigenvalue weighted by molar-refractivity contribution is 4.83. The van der Waals surface area contributed by atoms with Crippen molar-refractivity contribution in [3.63, 3.8) is 0 Å². The normalized spacial score (nSPS) is 20.6. The van der Waals surface area contributed by atoms with Gasteiger partial charge in [0.25, 0.3) is 6.67 Å². The molecule has 0 amide bonds. The lowest BCUT2D eigenvalue weighted by atomic mass is 9.89. The van der Waals surface area contributed by atoms with E-state index in [2.05, 4.69) is 23.6 Å². The van der Waals surface area contributed by atoms with Gasteiger partial charge in [0.05, 0.1) is 0 Å². The number of rotatable bonds is 2. The first-order valence-electron chi connectivity index (χ1n) is 3.79. The molecule has 0 aliphatic carbocycles. The topological polar surface area (TPSA) is 7.60 Å². The summed E-state index contributed by atoms with van der Waals surface area (Å²) >= 11 is 0. The molecule has 1 rings (SSSR count). The van der Waals surface area contributed by atoms with Crippen LogP contribution in [0.2, 0.25) is 0 Å². The number of likely N-dealkylation sites (tertiary alicyclic amines) is 1. The summed E-state index contributed by atoms with van der Waals surface area (Å²) in [7, 11) is 0. The Labute approximate surface area is 62.7 Å². The third-order valence-corrected chi connectivity index (χ3v) is 2.20. The second kappa shape index (κ2) is 3.03. The third-order valence-electron chi connectivity index (χ3n) is 2.20. The van der Waals surface area contributed by atoms with Crippen molar-refractivity contribution in [1.29, 1.82) is 0 Å². The molecule has 1 heterocycles. The smallest absolute Gasteiger partial charge is 0.270 e. The Morgan fingerprint density at radius 2 is 2.20 bits per heavy atom. The van der Waals surface area contributed by atoms with Gasteiger partial charge in [-0.15, -0.1) is 0 Å². The molecule has 1 aliphatic heterocycles. The molecule has 0 aromatic rings. The zero-order chi connectivity index (χ0) is 7.56. The predicted octanol–water partition coefficient (Wildman–Crippen LogP) is 1.45. The quantitative estimate of drug-likeness (QED) is 0.524. The number of hydrogen-bond acceptors (Lipinski definition) is 1. The van der Waals surface area contributed by atoms with E-state index in [9.17, 15) is 0 Å². The van der Waals surface area contributed by atoms with Crippen molar-refractivity contribution < 1.29 is 0 Å². The van der Waals surface area contributed by atoms with Crippen LogP contribution in [0.15, 0.2) is 0 Å². The van der Waals surface area contributed by atoms with Crippen LogP contribution in [0.3, 0.4) is 0 Å². The van der Waals surface area contributed by atoms with E-state index in [4.69, 9.17) is 6.57 Å². The van der Waals surface area contributed by atoms with Crippen molar-refractivity contribution in [2.75, 3.05) is 19.8 Å². The third kappa shape index (κ3) is 1.48. The Bertz CT molecular complexity index is 140. The van der Waals surface area contributed by atoms with Crippen LogP contribution in [0.25, 0.3) is 4.85 Å². The van der Waals surface area contributed by atoms with Crippen LogP contribution in [-0.4, -0.2) is 24.7 Å². The van der Waals surface area contributed by atoms with Crippen LogP contribution in [-0.2, 0) is 0 Å². The van der Waals surface area contributed by atoms with Crippen molar-refractivity contribution in [3.8, 4) is 0 Å². The van der Waals surface area contributed by atoms with Crippen LogP contribution < -0.4 is 0 Å². The SMILES string of the molecule is [C-]#[N+]CN1CC(C(C)C)C1. The van der Waals surface area contributed by atoms with Gasteiger partial charge in [0.1, 0.15) is 0 Å². The maximum absolute atomic E-state index is 6.63. The lowest BCUT2D eigenvalue weighted by Gasteiger charge is -2.38. The van der Waals surface area contributed by atoms with E-state index in [0.29, 0.717) is 6.67 Å². The van der Waals surface area contributed by atoms with Gasteiger partial charge < -0.3 is 0 Å². The van der Waals surface area contributed by atoms with Gasteiger partial charge in [-0.05, 0) is 11.8 Å². The first kappa shape index (κ1) is 7.56. The van der Waals surface area contributed by atoms with Crippen LogP contribution >= 0.6 is 0 Å². The highest BCUT2D eigenvalue weighted by Crippen LogP contribution is 2.22. The van der Waals surface area contributed by atoms with Gasteiger partial charge in [-0.3, -0.25) is 4.85 Å². The Kier molecular flexibility index (Phi) is 2.29. The standard InChI is InChI=1S/C8H14N2/c1-7(2)8-4-10(5-8)6-9-3/h7-8H,4-6H2,1-2H3. The Morgan fingerprint density at radius 3 is 2.60 bits per heavy atom. The van der Waals surface area contributed by atoms with Crippen molar-refractivity contribution in [1.82, 2.24) is 4.90 Å². The predicted molar refractivity (Wildman–Crippen MR) is 41.4 cm³/mol. The first-order chi connectivity index (χ1) is 4.74. The van der Waals surface area contributed by atoms with E-state index in [1.807, 2.05) is 0 Å². The summed E-state index contributed by atoms with van der Waals surface area (Å²) in [5.74, 6) is 1.64. The maximum Gasteiger partial charge on any atom is 0.270 e. The summed E-state index contributed by atoms with van der Waals surface area (Å²) in [6, 6.07) is 0. The summed E-state index contributed by atoms with van der Waals surface area (Å²) in [6.45, 7) is 14.0. The van der Waals surface area contributed by atoms with E-state index in [1.165, 1.54) is 0 Å². The van der Waals surface area contributed by atoms with Crippen LogP contribution in [0.4, 0.5) is 0 Å². The van der Waals surface area contributed by atoms with Gasteiger partial charge >= 0.3 is 0 Å². The molecule has 0 N–H and O–H groups in total. The average Bonchev–Trinajstić information content (AvgIpc) is 1.76. The highest BCUT2D eigenvalue weighted by atomic mass is 15.2. The maximum atomic E-state index is 6.63. The van der Waals surface area contributed by atoms with Crippen molar-refractivity contribution >= 4 is 0 Å². The molecule has 0 unspecified atom stereocenters. The molecule has 1 saturated heterocycles. The minimum Gasteiger partial charge on any atom is -0.299 e. The molecule has 0 radical (unpaired) electrons. The molecular weight excluding hydrogens is 124 g/mol. The van der Waals surface area contributed by atoms with Gasteiger partial charge in [0.15, 0.2) is 0 Å². The van der Waals surface area contributed by atoms with E-state index < -0.39 is 0 Å². The molecule has 10 heavy (non-hydrogen) atoms. The fourth-order valence-corrected chi connectivity index (χ4v) is 1.25. The second-order valence-electron chi connectivity index (χ2n) is 3.34. The molecule has 0 spiro atoms. The molecule has 56 valence electrons. The lowest BCUT2D eigenvalue weighted by molar-refractivity contribution is 0.0805. The molecule has 0 bridgehead atoms. The van der Waals surface area contributed by atoms with Crippen molar-refractivity contribution in [2.24, 2.45) is 11.8 Å². The summed E-state index contributed by atoms with van der Waals surface area (Å²) in [6.07, 6.45) is 0. The largest absolute Gasteiger partial charge is 0.299 e. The molecule has 0 aromatic heterocycles. The van der Waals surface area contributed by atoms with E-state index >= 15 is 0 Å². The number of nitrogens with zero attached hydrogens (tertiary/aromatic N) is 2. The van der Waals surface area contributed by atoms with Gasteiger partial charge in [-0.25, -0.2) is 11.5 Å². The average molecular weight is 138 g/mol. The van der Waals surface area contributed by atoms with Crippen LogP contribution in [0.5, 0.6) is 0 Å². The molecule has 2 nitrogen and oxygen atoms in total. The van der Waals surface area contributed by atoms with E-state index in [0.717, 1.165) is 24.9 Å². The van der Waals surface area contributed by atoms with Crippen molar-refractivity contribution in [3.05, 3.63) is 11.4 Å². The van der Waals surface area contributed by atoms with Crippen molar-refractivity contribution in [2.45, 2.75) is 13.8 Å². The molecule has 2 heteroatoms. The fourth-order valence-electron chi connectivity index (χ4n) is 1.25. The Hall–Kier alpha value is -0.550. The molecule has 0 aromatic carbocycles.